The molecule has 4 atom stereocenters. The third kappa shape index (κ3) is 7.38. The second-order valence-electron chi connectivity index (χ2n) is 9.96. The molecule has 3 rings (SSSR count). The number of aliphatic carboxylic acids is 1. The van der Waals surface area contributed by atoms with Crippen molar-refractivity contribution in [2.75, 3.05) is 18.4 Å². The van der Waals surface area contributed by atoms with Crippen molar-refractivity contribution < 1.29 is 35.8 Å². The van der Waals surface area contributed by atoms with Crippen LogP contribution >= 0.6 is 0 Å². The number of rotatable bonds is 14. The van der Waals surface area contributed by atoms with Crippen molar-refractivity contribution in [3.63, 3.8) is 0 Å². The Morgan fingerprint density at radius 3 is 2.38 bits per heavy atom. The van der Waals surface area contributed by atoms with Crippen molar-refractivity contribution in [3.8, 4) is 0 Å². The Kier molecular flexibility index (Phi) is 10.3. The molecule has 1 aliphatic heterocycles. The first-order valence-electron chi connectivity index (χ1n) is 13.1. The Hall–Kier alpha value is -3.03. The topological polar surface area (TPSA) is 161 Å². The first kappa shape index (κ1) is 31.5. The summed E-state index contributed by atoms with van der Waals surface area (Å²) in [5.41, 5.74) is 1.82. The molecule has 0 aromatic heterocycles. The lowest BCUT2D eigenvalue weighted by molar-refractivity contribution is -0.143. The van der Waals surface area contributed by atoms with E-state index in [0.29, 0.717) is 17.7 Å². The summed E-state index contributed by atoms with van der Waals surface area (Å²) in [6.45, 7) is 3.75. The molecule has 40 heavy (non-hydrogen) atoms. The lowest BCUT2D eigenvalue weighted by Gasteiger charge is -2.42. The van der Waals surface area contributed by atoms with Crippen LogP contribution in [-0.2, 0) is 31.5 Å². The van der Waals surface area contributed by atoms with Crippen LogP contribution in [0, 0.1) is 11.8 Å². The summed E-state index contributed by atoms with van der Waals surface area (Å²) in [7, 11) is -9.35. The summed E-state index contributed by atoms with van der Waals surface area (Å²) in [6.07, 6.45) is 7.91. The number of carbonyl (C=O) groups is 1. The highest BCUT2D eigenvalue weighted by Gasteiger charge is 2.52. The van der Waals surface area contributed by atoms with Gasteiger partial charge >= 0.3 is 16.1 Å². The maximum Gasteiger partial charge on any atom is 0.319 e. The molecule has 0 spiro atoms. The summed E-state index contributed by atoms with van der Waals surface area (Å²) in [6, 6.07) is 13.3. The standard InChI is InChI=1S/C28H36N2O8S2/c1-3-10-27(40(36,37)38)30(18-16-21-19-24(39(33,34)35)14-15-26(21)30)20-22(25(4-2)28(31)32)11-8-9-17-29-23-12-6-5-7-13-23/h5-9,11-15,17,19,22,25,27,29H,3-4,10,16,18,20H2,1-2H3,(H2-,31,32,33,34,35,36,37,38). The maximum atomic E-state index is 12.8. The minimum absolute atomic E-state index is 0.0299. The van der Waals surface area contributed by atoms with E-state index in [1.165, 1.54) is 12.1 Å². The van der Waals surface area contributed by atoms with Gasteiger partial charge in [-0.3, -0.25) is 13.8 Å². The number of allylic oxidation sites excluding steroid dienone is 2. The molecule has 0 bridgehead atoms. The van der Waals surface area contributed by atoms with Gasteiger partial charge in [0.1, 0.15) is 15.8 Å². The van der Waals surface area contributed by atoms with Crippen molar-refractivity contribution in [1.82, 2.24) is 4.48 Å². The zero-order valence-electron chi connectivity index (χ0n) is 22.5. The van der Waals surface area contributed by atoms with E-state index in [2.05, 4.69) is 5.32 Å². The van der Waals surface area contributed by atoms with Crippen LogP contribution in [0.3, 0.4) is 0 Å². The van der Waals surface area contributed by atoms with Gasteiger partial charge in [0.05, 0.1) is 23.9 Å². The highest BCUT2D eigenvalue weighted by Crippen LogP contribution is 2.43. The van der Waals surface area contributed by atoms with E-state index in [0.717, 1.165) is 11.8 Å². The van der Waals surface area contributed by atoms with Crippen molar-refractivity contribution in [3.05, 3.63) is 78.5 Å². The van der Waals surface area contributed by atoms with Gasteiger partial charge in [-0.15, -0.1) is 0 Å². The Morgan fingerprint density at radius 2 is 1.80 bits per heavy atom. The van der Waals surface area contributed by atoms with Crippen LogP contribution in [0.15, 0.2) is 77.9 Å². The molecule has 10 nitrogen and oxygen atoms in total. The molecule has 0 fully saturated rings. The molecule has 0 amide bonds. The van der Waals surface area contributed by atoms with Crippen molar-refractivity contribution in [1.29, 1.82) is 0 Å². The average Bonchev–Trinajstić information content (AvgIpc) is 3.24. The Balaban J connectivity index is 2.08. The van der Waals surface area contributed by atoms with Crippen molar-refractivity contribution >= 4 is 37.6 Å². The number of carboxylic acids is 1. The zero-order chi connectivity index (χ0) is 29.6. The van der Waals surface area contributed by atoms with Gasteiger partial charge in [0.15, 0.2) is 0 Å². The van der Waals surface area contributed by atoms with E-state index >= 15 is 0 Å². The van der Waals surface area contributed by atoms with E-state index in [4.69, 9.17) is 0 Å². The molecule has 218 valence electrons. The summed E-state index contributed by atoms with van der Waals surface area (Å²) in [4.78, 5) is 11.9. The average molecular weight is 593 g/mol. The third-order valence-electron chi connectivity index (χ3n) is 7.43. The number of hydrogen-bond donors (Lipinski definition) is 3. The molecule has 1 aliphatic rings. The first-order chi connectivity index (χ1) is 18.8. The maximum absolute atomic E-state index is 12.8. The molecule has 0 radical (unpaired) electrons. The van der Waals surface area contributed by atoms with Crippen LogP contribution in [-0.4, -0.2) is 55.5 Å². The Bertz CT molecular complexity index is 1460. The lowest BCUT2D eigenvalue weighted by atomic mass is 9.88. The molecule has 3 N–H and O–H groups in total. The largest absolute Gasteiger partial charge is 0.744 e. The van der Waals surface area contributed by atoms with E-state index in [1.54, 1.807) is 38.3 Å². The minimum Gasteiger partial charge on any atom is -0.744 e. The molecule has 0 saturated carbocycles. The van der Waals surface area contributed by atoms with Crippen molar-refractivity contribution in [2.45, 2.75) is 49.8 Å². The predicted octanol–water partition coefficient (Wildman–Crippen LogP) is 4.38. The fraction of sp³-hybridized carbons (Fsp3) is 0.393. The van der Waals surface area contributed by atoms with Gasteiger partial charge in [-0.05, 0) is 43.2 Å². The second kappa shape index (κ2) is 13.1. The molecule has 1 heterocycles. The van der Waals surface area contributed by atoms with Gasteiger partial charge in [0, 0.05) is 42.3 Å². The van der Waals surface area contributed by atoms with Gasteiger partial charge in [-0.1, -0.05) is 44.2 Å². The summed E-state index contributed by atoms with van der Waals surface area (Å²) < 4.78 is 70.6. The molecule has 0 aliphatic carbocycles. The molecule has 2 aromatic rings. The summed E-state index contributed by atoms with van der Waals surface area (Å²) in [5.74, 6) is -2.53. The minimum atomic E-state index is -4.74. The second-order valence-corrected chi connectivity index (χ2v) is 12.9. The molecule has 4 unspecified atom stereocenters. The predicted molar refractivity (Wildman–Crippen MR) is 153 cm³/mol. The van der Waals surface area contributed by atoms with Gasteiger partial charge < -0.3 is 15.0 Å². The number of nitrogens with one attached hydrogen (secondary N) is 1. The Labute approximate surface area is 236 Å². The third-order valence-corrected chi connectivity index (χ3v) is 9.59. The number of hydrogen-bond acceptors (Lipinski definition) is 7. The van der Waals surface area contributed by atoms with Crippen LogP contribution in [0.25, 0.3) is 0 Å². The van der Waals surface area contributed by atoms with Gasteiger partial charge in [-0.25, -0.2) is 8.42 Å². The quantitative estimate of drug-likeness (QED) is 0.164. The number of fused-ring (bicyclic) bond motifs is 1. The highest BCUT2D eigenvalue weighted by molar-refractivity contribution is 7.86. The number of benzene rings is 2. The van der Waals surface area contributed by atoms with E-state index < -0.39 is 48.3 Å². The van der Waals surface area contributed by atoms with Crippen LogP contribution < -0.4 is 9.80 Å². The molecule has 2 aromatic carbocycles. The van der Waals surface area contributed by atoms with Crippen LogP contribution in [0.5, 0.6) is 0 Å². The Morgan fingerprint density at radius 1 is 1.10 bits per heavy atom. The first-order valence-corrected chi connectivity index (χ1v) is 16.0. The fourth-order valence-corrected chi connectivity index (χ4v) is 7.47. The monoisotopic (exact) mass is 592 g/mol. The van der Waals surface area contributed by atoms with Gasteiger partial charge in [-0.2, -0.15) is 8.42 Å². The summed E-state index contributed by atoms with van der Waals surface area (Å²) in [5, 5.41) is 11.8. The van der Waals surface area contributed by atoms with E-state index in [1.807, 2.05) is 30.3 Å². The van der Waals surface area contributed by atoms with Crippen molar-refractivity contribution in [2.24, 2.45) is 11.8 Å². The van der Waals surface area contributed by atoms with E-state index in [9.17, 15) is 35.8 Å². The molecule has 0 saturated heterocycles. The van der Waals surface area contributed by atoms with Gasteiger partial charge in [0.25, 0.3) is 0 Å². The lowest BCUT2D eigenvalue weighted by Crippen LogP contribution is -2.61. The highest BCUT2D eigenvalue weighted by atomic mass is 32.2. The molecule has 12 heteroatoms. The number of para-hydroxylation sites is 1. The smallest absolute Gasteiger partial charge is 0.319 e. The van der Waals surface area contributed by atoms with Crippen LogP contribution in [0.4, 0.5) is 11.4 Å². The zero-order valence-corrected chi connectivity index (χ0v) is 24.1. The SMILES string of the molecule is CCCC([N+]1(CC(C=CC=CNc2ccccc2)C(CC)C(=O)O)CCc2cc(S(=O)(=O)[O-])ccc21)S(=O)(=O)O. The van der Waals surface area contributed by atoms with Crippen LogP contribution in [0.1, 0.15) is 38.7 Å². The molecular formula is C28H36N2O8S2. The number of carboxylic acid groups (broad SMARTS) is 1. The number of quaternary nitrogens is 1. The summed E-state index contributed by atoms with van der Waals surface area (Å²) >= 11 is 0. The normalized spacial score (nSPS) is 19.9. The van der Waals surface area contributed by atoms with E-state index in [-0.39, 0.29) is 36.8 Å². The molecular weight excluding hydrogens is 556 g/mol. The fourth-order valence-electron chi connectivity index (χ4n) is 5.60. The number of nitrogens with zero attached hydrogens (tertiary/aromatic N) is 1. The van der Waals surface area contributed by atoms with Crippen LogP contribution in [0.2, 0.25) is 0 Å². The van der Waals surface area contributed by atoms with Gasteiger partial charge in [0.2, 0.25) is 5.37 Å². The number of anilines is 1.